The van der Waals surface area contributed by atoms with Gasteiger partial charge in [0.2, 0.25) is 15.8 Å². The molecule has 1 aliphatic rings. The van der Waals surface area contributed by atoms with Crippen LogP contribution in [0.2, 0.25) is 0 Å². The van der Waals surface area contributed by atoms with E-state index in [2.05, 4.69) is 4.72 Å². The maximum absolute atomic E-state index is 13.6. The van der Waals surface area contributed by atoms with Gasteiger partial charge in [0.25, 0.3) is 0 Å². The number of sulfonamides is 1. The number of halogens is 1. The lowest BCUT2D eigenvalue weighted by molar-refractivity contribution is -0.387. The summed E-state index contributed by atoms with van der Waals surface area (Å²) in [6, 6.07) is 1.40. The van der Waals surface area contributed by atoms with Crippen LogP contribution < -0.4 is 4.72 Å². The second-order valence-electron chi connectivity index (χ2n) is 4.92. The van der Waals surface area contributed by atoms with Gasteiger partial charge in [-0.2, -0.15) is 4.39 Å². The maximum atomic E-state index is 13.6. The molecule has 1 heterocycles. The summed E-state index contributed by atoms with van der Waals surface area (Å²) in [5.74, 6) is -1.03. The van der Waals surface area contributed by atoms with Gasteiger partial charge in [-0.1, -0.05) is 0 Å². The maximum Gasteiger partial charge on any atom is 0.306 e. The first kappa shape index (κ1) is 15.8. The van der Waals surface area contributed by atoms with E-state index in [-0.39, 0.29) is 16.6 Å². The average Bonchev–Trinajstić information content (AvgIpc) is 2.77. The Morgan fingerprint density at radius 1 is 1.48 bits per heavy atom. The molecule has 1 aromatic rings. The normalized spacial score (nSPS) is 22.4. The number of ether oxygens (including phenoxy) is 1. The SMILES string of the molecule is Cc1cc(S(=O)(=O)NC2CCOC2C)cc([N+](=O)[O-])c1F. The number of nitro benzene ring substituents is 1. The van der Waals surface area contributed by atoms with E-state index in [4.69, 9.17) is 4.74 Å². The van der Waals surface area contributed by atoms with E-state index >= 15 is 0 Å². The predicted molar refractivity (Wildman–Crippen MR) is 71.9 cm³/mol. The minimum atomic E-state index is -3.97. The Morgan fingerprint density at radius 3 is 2.67 bits per heavy atom. The lowest BCUT2D eigenvalue weighted by Crippen LogP contribution is -2.39. The molecule has 0 aliphatic carbocycles. The summed E-state index contributed by atoms with van der Waals surface area (Å²) in [7, 11) is -3.97. The number of benzene rings is 1. The van der Waals surface area contributed by atoms with Gasteiger partial charge in [0, 0.05) is 12.7 Å². The van der Waals surface area contributed by atoms with Gasteiger partial charge in [-0.3, -0.25) is 10.1 Å². The molecule has 2 atom stereocenters. The van der Waals surface area contributed by atoms with E-state index in [1.165, 1.54) is 6.92 Å². The van der Waals surface area contributed by atoms with Gasteiger partial charge in [-0.05, 0) is 31.9 Å². The van der Waals surface area contributed by atoms with Crippen LogP contribution in [-0.2, 0) is 14.8 Å². The molecule has 1 saturated heterocycles. The summed E-state index contributed by atoms with van der Waals surface area (Å²) in [5, 5.41) is 10.8. The molecular weight excluding hydrogens is 303 g/mol. The summed E-state index contributed by atoms with van der Waals surface area (Å²) in [6.07, 6.45) is 0.235. The molecule has 0 radical (unpaired) electrons. The average molecular weight is 318 g/mol. The lowest BCUT2D eigenvalue weighted by atomic mass is 10.2. The fourth-order valence-corrected chi connectivity index (χ4v) is 3.60. The van der Waals surface area contributed by atoms with Gasteiger partial charge in [0.15, 0.2) is 0 Å². The fourth-order valence-electron chi connectivity index (χ4n) is 2.16. The monoisotopic (exact) mass is 318 g/mol. The second-order valence-corrected chi connectivity index (χ2v) is 6.64. The van der Waals surface area contributed by atoms with Crippen molar-refractivity contribution in [1.82, 2.24) is 4.72 Å². The Balaban J connectivity index is 2.38. The van der Waals surface area contributed by atoms with Gasteiger partial charge in [0.05, 0.1) is 22.0 Å². The molecule has 1 N–H and O–H groups in total. The minimum Gasteiger partial charge on any atom is -0.377 e. The standard InChI is InChI=1S/C12H15FN2O5S/c1-7-5-9(6-11(12(7)13)15(16)17)21(18,19)14-10-3-4-20-8(10)2/h5-6,8,10,14H,3-4H2,1-2H3. The van der Waals surface area contributed by atoms with E-state index < -0.39 is 32.5 Å². The second kappa shape index (κ2) is 5.66. The summed E-state index contributed by atoms with van der Waals surface area (Å²) in [4.78, 5) is 9.51. The Hall–Kier alpha value is -1.58. The van der Waals surface area contributed by atoms with E-state index in [1.807, 2.05) is 0 Å². The van der Waals surface area contributed by atoms with Crippen LogP contribution in [0.5, 0.6) is 0 Å². The van der Waals surface area contributed by atoms with Crippen LogP contribution in [0.4, 0.5) is 10.1 Å². The Bertz CT molecular complexity index is 676. The van der Waals surface area contributed by atoms with Crippen molar-refractivity contribution in [3.8, 4) is 0 Å². The van der Waals surface area contributed by atoms with Crippen LogP contribution >= 0.6 is 0 Å². The zero-order valence-corrected chi connectivity index (χ0v) is 12.3. The highest BCUT2D eigenvalue weighted by Gasteiger charge is 2.31. The van der Waals surface area contributed by atoms with Crippen molar-refractivity contribution in [3.63, 3.8) is 0 Å². The van der Waals surface area contributed by atoms with E-state index in [9.17, 15) is 22.9 Å². The third kappa shape index (κ3) is 3.20. The van der Waals surface area contributed by atoms with Crippen molar-refractivity contribution >= 4 is 15.7 Å². The van der Waals surface area contributed by atoms with Gasteiger partial charge in [0.1, 0.15) is 0 Å². The van der Waals surface area contributed by atoms with Crippen LogP contribution in [-0.4, -0.2) is 32.1 Å². The van der Waals surface area contributed by atoms with Crippen molar-refractivity contribution in [3.05, 3.63) is 33.6 Å². The zero-order chi connectivity index (χ0) is 15.8. The Kier molecular flexibility index (Phi) is 4.26. The van der Waals surface area contributed by atoms with Gasteiger partial charge in [-0.25, -0.2) is 13.1 Å². The minimum absolute atomic E-state index is 0.0969. The van der Waals surface area contributed by atoms with Gasteiger partial charge >= 0.3 is 5.69 Å². The molecule has 21 heavy (non-hydrogen) atoms. The molecule has 0 aromatic heterocycles. The quantitative estimate of drug-likeness (QED) is 0.670. The predicted octanol–water partition coefficient (Wildman–Crippen LogP) is 1.50. The molecular formula is C12H15FN2O5S. The highest BCUT2D eigenvalue weighted by Crippen LogP contribution is 2.26. The molecule has 116 valence electrons. The molecule has 0 amide bonds. The molecule has 2 rings (SSSR count). The highest BCUT2D eigenvalue weighted by molar-refractivity contribution is 7.89. The molecule has 0 bridgehead atoms. The van der Waals surface area contributed by atoms with Crippen molar-refractivity contribution in [2.24, 2.45) is 0 Å². The largest absolute Gasteiger partial charge is 0.377 e. The van der Waals surface area contributed by atoms with E-state index in [0.29, 0.717) is 13.0 Å². The summed E-state index contributed by atoms with van der Waals surface area (Å²) in [6.45, 7) is 3.46. The van der Waals surface area contributed by atoms with E-state index in [0.717, 1.165) is 12.1 Å². The van der Waals surface area contributed by atoms with Crippen LogP contribution in [0.1, 0.15) is 18.9 Å². The first-order valence-electron chi connectivity index (χ1n) is 6.31. The number of nitro groups is 1. The van der Waals surface area contributed by atoms with Gasteiger partial charge in [-0.15, -0.1) is 0 Å². The van der Waals surface area contributed by atoms with Gasteiger partial charge < -0.3 is 4.74 Å². The van der Waals surface area contributed by atoms with Crippen molar-refractivity contribution in [2.45, 2.75) is 37.3 Å². The highest BCUT2D eigenvalue weighted by atomic mass is 32.2. The third-order valence-electron chi connectivity index (χ3n) is 3.40. The van der Waals surface area contributed by atoms with E-state index in [1.54, 1.807) is 6.92 Å². The summed E-state index contributed by atoms with van der Waals surface area (Å²) in [5.41, 5.74) is -0.952. The fraction of sp³-hybridized carbons (Fsp3) is 0.500. The Morgan fingerprint density at radius 2 is 2.14 bits per heavy atom. The number of nitrogens with zero attached hydrogens (tertiary/aromatic N) is 1. The molecule has 2 unspecified atom stereocenters. The van der Waals surface area contributed by atoms with Crippen molar-refractivity contribution in [2.75, 3.05) is 6.61 Å². The lowest BCUT2D eigenvalue weighted by Gasteiger charge is -2.16. The van der Waals surface area contributed by atoms with Crippen LogP contribution in [0, 0.1) is 22.9 Å². The van der Waals surface area contributed by atoms with Crippen LogP contribution in [0.25, 0.3) is 0 Å². The molecule has 9 heteroatoms. The van der Waals surface area contributed by atoms with Crippen molar-refractivity contribution < 1.29 is 22.5 Å². The van der Waals surface area contributed by atoms with Crippen molar-refractivity contribution in [1.29, 1.82) is 0 Å². The zero-order valence-electron chi connectivity index (χ0n) is 11.5. The van der Waals surface area contributed by atoms with Crippen LogP contribution in [0.15, 0.2) is 17.0 Å². The Labute approximate surface area is 121 Å². The summed E-state index contributed by atoms with van der Waals surface area (Å²) >= 11 is 0. The first-order valence-corrected chi connectivity index (χ1v) is 7.79. The molecule has 1 fully saturated rings. The third-order valence-corrected chi connectivity index (χ3v) is 4.87. The number of hydrogen-bond donors (Lipinski definition) is 1. The molecule has 0 saturated carbocycles. The molecule has 1 aromatic carbocycles. The molecule has 0 spiro atoms. The van der Waals surface area contributed by atoms with Crippen LogP contribution in [0.3, 0.4) is 0 Å². The number of nitrogens with one attached hydrogen (secondary N) is 1. The summed E-state index contributed by atoms with van der Waals surface area (Å²) < 4.78 is 45.8. The first-order chi connectivity index (χ1) is 9.72. The topological polar surface area (TPSA) is 98.5 Å². The molecule has 1 aliphatic heterocycles. The number of rotatable bonds is 4. The number of hydrogen-bond acceptors (Lipinski definition) is 5. The smallest absolute Gasteiger partial charge is 0.306 e. The number of aryl methyl sites for hydroxylation is 1. The molecule has 7 nitrogen and oxygen atoms in total.